The number of aliphatic carboxylic acids is 1. The van der Waals surface area contributed by atoms with Crippen LogP contribution in [0.2, 0.25) is 0 Å². The first-order valence-electron chi connectivity index (χ1n) is 4.59. The summed E-state index contributed by atoms with van der Waals surface area (Å²) < 4.78 is 5.33. The van der Waals surface area contributed by atoms with Crippen LogP contribution >= 0.6 is 0 Å². The van der Waals surface area contributed by atoms with Crippen LogP contribution in [0.4, 0.5) is 0 Å². The molecule has 0 unspecified atom stereocenters. The number of carbonyl (C=O) groups is 1. The molecule has 0 atom stereocenters. The van der Waals surface area contributed by atoms with Gasteiger partial charge in [-0.05, 0) is 26.7 Å². The second kappa shape index (κ2) is 2.80. The fourth-order valence-electron chi connectivity index (χ4n) is 1.07. The summed E-state index contributed by atoms with van der Waals surface area (Å²) in [4.78, 5) is 10.9. The summed E-state index contributed by atoms with van der Waals surface area (Å²) in [5.74, 6) is 0.172. The van der Waals surface area contributed by atoms with Crippen LogP contribution in [0.15, 0.2) is 4.42 Å². The minimum Gasteiger partial charge on any atom is -0.480 e. The van der Waals surface area contributed by atoms with E-state index < -0.39 is 11.4 Å². The molecule has 1 heterocycles. The molecule has 0 saturated heterocycles. The fraction of sp³-hybridized carbons (Fsp3) is 0.667. The summed E-state index contributed by atoms with van der Waals surface area (Å²) in [5.41, 5.74) is -1.10. The molecule has 2 rings (SSSR count). The van der Waals surface area contributed by atoms with E-state index in [4.69, 9.17) is 9.52 Å². The van der Waals surface area contributed by atoms with Crippen molar-refractivity contribution in [1.29, 1.82) is 0 Å². The maximum Gasteiger partial charge on any atom is 0.318 e. The molecule has 1 aromatic heterocycles. The Labute approximate surface area is 81.1 Å². The van der Waals surface area contributed by atoms with Gasteiger partial charge in [0.2, 0.25) is 11.8 Å². The van der Waals surface area contributed by atoms with Crippen LogP contribution in [-0.4, -0.2) is 21.3 Å². The monoisotopic (exact) mass is 196 g/mol. The fourth-order valence-corrected chi connectivity index (χ4v) is 1.07. The Bertz CT molecular complexity index is 366. The van der Waals surface area contributed by atoms with Gasteiger partial charge in [-0.3, -0.25) is 4.79 Å². The van der Waals surface area contributed by atoms with E-state index >= 15 is 0 Å². The normalized spacial score (nSPS) is 17.0. The van der Waals surface area contributed by atoms with Crippen molar-refractivity contribution in [3.63, 3.8) is 0 Å². The van der Waals surface area contributed by atoms with Crippen LogP contribution in [0.3, 0.4) is 0 Å². The average Bonchev–Trinajstić information content (AvgIpc) is 2.83. The molecule has 0 radical (unpaired) electrons. The molecule has 1 fully saturated rings. The Hall–Kier alpha value is -1.39. The lowest BCUT2D eigenvalue weighted by Gasteiger charge is -2.12. The number of aromatic nitrogens is 2. The Kier molecular flexibility index (Phi) is 1.83. The molecule has 1 saturated carbocycles. The van der Waals surface area contributed by atoms with Gasteiger partial charge in [0.05, 0.1) is 0 Å². The predicted octanol–water partition coefficient (Wildman–Crippen LogP) is 1.31. The van der Waals surface area contributed by atoms with Crippen molar-refractivity contribution in [2.45, 2.75) is 38.0 Å². The predicted molar refractivity (Wildman–Crippen MR) is 46.9 cm³/mol. The van der Waals surface area contributed by atoms with Crippen LogP contribution in [0, 0.1) is 0 Å². The van der Waals surface area contributed by atoms with Crippen molar-refractivity contribution < 1.29 is 14.3 Å². The van der Waals surface area contributed by atoms with Crippen molar-refractivity contribution in [3.05, 3.63) is 11.8 Å². The summed E-state index contributed by atoms with van der Waals surface area (Å²) >= 11 is 0. The molecule has 0 spiro atoms. The molecule has 0 aliphatic heterocycles. The zero-order valence-corrected chi connectivity index (χ0v) is 8.15. The van der Waals surface area contributed by atoms with Gasteiger partial charge in [0, 0.05) is 5.92 Å². The topological polar surface area (TPSA) is 76.2 Å². The van der Waals surface area contributed by atoms with Gasteiger partial charge >= 0.3 is 5.97 Å². The van der Waals surface area contributed by atoms with Gasteiger partial charge in [0.15, 0.2) is 0 Å². The van der Waals surface area contributed by atoms with E-state index in [1.807, 2.05) is 0 Å². The lowest BCUT2D eigenvalue weighted by Crippen LogP contribution is -2.28. The highest BCUT2D eigenvalue weighted by molar-refractivity contribution is 5.78. The van der Waals surface area contributed by atoms with Crippen LogP contribution in [-0.2, 0) is 10.2 Å². The standard InChI is InChI=1S/C9H12N2O3/c1-9(2,8(12)13)7-11-10-6(14-7)5-3-4-5/h5H,3-4H2,1-2H3,(H,12,13). The number of hydrogen-bond acceptors (Lipinski definition) is 4. The number of carboxylic acids is 1. The molecule has 5 nitrogen and oxygen atoms in total. The van der Waals surface area contributed by atoms with E-state index in [-0.39, 0.29) is 5.89 Å². The first-order valence-corrected chi connectivity index (χ1v) is 4.59. The first kappa shape index (κ1) is 9.18. The van der Waals surface area contributed by atoms with Crippen LogP contribution in [0.5, 0.6) is 0 Å². The molecule has 0 aromatic carbocycles. The largest absolute Gasteiger partial charge is 0.480 e. The Morgan fingerprint density at radius 1 is 1.50 bits per heavy atom. The average molecular weight is 196 g/mol. The molecule has 76 valence electrons. The molecular weight excluding hydrogens is 184 g/mol. The van der Waals surface area contributed by atoms with E-state index in [9.17, 15) is 4.79 Å². The van der Waals surface area contributed by atoms with Crippen molar-refractivity contribution in [2.24, 2.45) is 0 Å². The lowest BCUT2D eigenvalue weighted by molar-refractivity contribution is -0.143. The number of rotatable bonds is 3. The second-order valence-electron chi connectivity index (χ2n) is 4.15. The molecule has 1 aliphatic rings. The number of nitrogens with zero attached hydrogens (tertiary/aromatic N) is 2. The van der Waals surface area contributed by atoms with Crippen LogP contribution in [0.25, 0.3) is 0 Å². The molecule has 0 bridgehead atoms. The third-order valence-corrected chi connectivity index (χ3v) is 2.44. The molecule has 14 heavy (non-hydrogen) atoms. The zero-order chi connectivity index (χ0) is 10.3. The van der Waals surface area contributed by atoms with E-state index in [1.54, 1.807) is 13.8 Å². The highest BCUT2D eigenvalue weighted by Gasteiger charge is 2.37. The van der Waals surface area contributed by atoms with Gasteiger partial charge in [0.1, 0.15) is 5.41 Å². The Balaban J connectivity index is 2.27. The highest BCUT2D eigenvalue weighted by Crippen LogP contribution is 2.39. The summed E-state index contributed by atoms with van der Waals surface area (Å²) in [6, 6.07) is 0. The van der Waals surface area contributed by atoms with E-state index in [0.717, 1.165) is 12.8 Å². The van der Waals surface area contributed by atoms with Crippen LogP contribution < -0.4 is 0 Å². The van der Waals surface area contributed by atoms with Gasteiger partial charge in [-0.1, -0.05) is 0 Å². The second-order valence-corrected chi connectivity index (χ2v) is 4.15. The first-order chi connectivity index (χ1) is 6.51. The van der Waals surface area contributed by atoms with Crippen LogP contribution in [0.1, 0.15) is 44.4 Å². The highest BCUT2D eigenvalue weighted by atomic mass is 16.4. The maximum absolute atomic E-state index is 10.9. The minimum absolute atomic E-state index is 0.187. The molecule has 1 aliphatic carbocycles. The number of carboxylic acid groups (broad SMARTS) is 1. The SMILES string of the molecule is CC(C)(C(=O)O)c1nnc(C2CC2)o1. The lowest BCUT2D eigenvalue weighted by atomic mass is 9.94. The van der Waals surface area contributed by atoms with Gasteiger partial charge < -0.3 is 9.52 Å². The van der Waals surface area contributed by atoms with Gasteiger partial charge in [0.25, 0.3) is 0 Å². The van der Waals surface area contributed by atoms with Crippen molar-refractivity contribution in [3.8, 4) is 0 Å². The minimum atomic E-state index is -1.10. The van der Waals surface area contributed by atoms with Crippen molar-refractivity contribution in [2.75, 3.05) is 0 Å². The molecule has 1 aromatic rings. The molecule has 0 amide bonds. The van der Waals surface area contributed by atoms with Gasteiger partial charge in [-0.15, -0.1) is 10.2 Å². The zero-order valence-electron chi connectivity index (χ0n) is 8.15. The van der Waals surface area contributed by atoms with E-state index in [0.29, 0.717) is 11.8 Å². The summed E-state index contributed by atoms with van der Waals surface area (Å²) in [7, 11) is 0. The molecular formula is C9H12N2O3. The van der Waals surface area contributed by atoms with Crippen molar-refractivity contribution in [1.82, 2.24) is 10.2 Å². The third kappa shape index (κ3) is 1.38. The Morgan fingerprint density at radius 3 is 2.64 bits per heavy atom. The summed E-state index contributed by atoms with van der Waals surface area (Å²) in [5, 5.41) is 16.6. The molecule has 1 N–H and O–H groups in total. The maximum atomic E-state index is 10.9. The van der Waals surface area contributed by atoms with Crippen molar-refractivity contribution >= 4 is 5.97 Å². The Morgan fingerprint density at radius 2 is 2.14 bits per heavy atom. The molecule has 5 heteroatoms. The van der Waals surface area contributed by atoms with E-state index in [2.05, 4.69) is 10.2 Å². The third-order valence-electron chi connectivity index (χ3n) is 2.44. The van der Waals surface area contributed by atoms with E-state index in [1.165, 1.54) is 0 Å². The van der Waals surface area contributed by atoms with Gasteiger partial charge in [-0.25, -0.2) is 0 Å². The van der Waals surface area contributed by atoms with Gasteiger partial charge in [-0.2, -0.15) is 0 Å². The summed E-state index contributed by atoms with van der Waals surface area (Å²) in [6.07, 6.45) is 2.13. The smallest absolute Gasteiger partial charge is 0.318 e. The quantitative estimate of drug-likeness (QED) is 0.788. The number of hydrogen-bond donors (Lipinski definition) is 1. The summed E-state index contributed by atoms with van der Waals surface area (Å²) in [6.45, 7) is 3.11.